The molecule has 0 radical (unpaired) electrons. The number of ether oxygens (including phenoxy) is 1. The number of aromatic nitrogens is 2. The van der Waals surface area contributed by atoms with Crippen molar-refractivity contribution in [1.29, 1.82) is 0 Å². The van der Waals surface area contributed by atoms with Gasteiger partial charge >= 0.3 is 6.09 Å². The summed E-state index contributed by atoms with van der Waals surface area (Å²) in [6.07, 6.45) is 0.694. The van der Waals surface area contributed by atoms with Crippen molar-refractivity contribution in [3.8, 4) is 0 Å². The number of carbonyl (C=O) groups excluding carboxylic acids is 1. The summed E-state index contributed by atoms with van der Waals surface area (Å²) in [5.41, 5.74) is 0.498. The van der Waals surface area contributed by atoms with Gasteiger partial charge in [0.25, 0.3) is 5.56 Å². The van der Waals surface area contributed by atoms with Gasteiger partial charge in [-0.25, -0.2) is 9.78 Å². The Hall–Kier alpha value is -1.89. The average molecular weight is 324 g/mol. The molecule has 1 aliphatic rings. The summed E-state index contributed by atoms with van der Waals surface area (Å²) in [7, 11) is 0. The molecule has 3 rings (SSSR count). The van der Waals surface area contributed by atoms with Crippen molar-refractivity contribution >= 4 is 32.9 Å². The van der Waals surface area contributed by atoms with Crippen LogP contribution in [0.25, 0.3) is 10.9 Å². The monoisotopic (exact) mass is 323 g/mol. The summed E-state index contributed by atoms with van der Waals surface area (Å²) in [5, 5.41) is 3.10. The predicted octanol–water partition coefficient (Wildman–Crippen LogP) is 1.27. The van der Waals surface area contributed by atoms with Crippen LogP contribution in [0.3, 0.4) is 0 Å². The average Bonchev–Trinajstić information content (AvgIpc) is 2.78. The third-order valence-corrected chi connectivity index (χ3v) is 3.43. The Bertz CT molecular complexity index is 713. The molecular weight excluding hydrogens is 314 g/mol. The molecule has 1 aliphatic heterocycles. The number of nitrogens with one attached hydrogen (secondary N) is 1. The summed E-state index contributed by atoms with van der Waals surface area (Å²) in [6, 6.07) is 5.31. The molecule has 0 spiro atoms. The highest BCUT2D eigenvalue weighted by atomic mass is 79.9. The van der Waals surface area contributed by atoms with E-state index in [2.05, 4.69) is 26.2 Å². The predicted molar refractivity (Wildman–Crippen MR) is 72.0 cm³/mol. The fraction of sp³-hybridized carbons (Fsp3) is 0.250. The number of carbonyl (C=O) groups is 1. The number of hydrogen-bond acceptors (Lipinski definition) is 4. The molecule has 1 amide bonds. The zero-order chi connectivity index (χ0) is 13.4. The maximum atomic E-state index is 12.3. The Morgan fingerprint density at radius 2 is 2.32 bits per heavy atom. The van der Waals surface area contributed by atoms with Crippen LogP contribution >= 0.6 is 15.9 Å². The molecule has 1 unspecified atom stereocenters. The molecule has 0 saturated carbocycles. The van der Waals surface area contributed by atoms with E-state index < -0.39 is 6.09 Å². The Morgan fingerprint density at radius 1 is 1.47 bits per heavy atom. The molecule has 7 heteroatoms. The highest BCUT2D eigenvalue weighted by molar-refractivity contribution is 9.10. The van der Waals surface area contributed by atoms with Crippen molar-refractivity contribution in [3.05, 3.63) is 39.4 Å². The van der Waals surface area contributed by atoms with E-state index in [0.29, 0.717) is 24.0 Å². The van der Waals surface area contributed by atoms with Crippen LogP contribution in [0.2, 0.25) is 0 Å². The first-order chi connectivity index (χ1) is 9.13. The standard InChI is InChI=1S/C12H10BrN3O3/c13-7-1-2-9-10(3-7)15-6-16(11(9)17)5-8-4-14-12(18)19-8/h1-3,6,8H,4-5H2,(H,14,18). The first-order valence-corrected chi connectivity index (χ1v) is 6.52. The highest BCUT2D eigenvalue weighted by Gasteiger charge is 2.23. The van der Waals surface area contributed by atoms with Crippen molar-refractivity contribution in [1.82, 2.24) is 14.9 Å². The smallest absolute Gasteiger partial charge is 0.407 e. The van der Waals surface area contributed by atoms with Gasteiger partial charge in [0.15, 0.2) is 0 Å². The summed E-state index contributed by atoms with van der Waals surface area (Å²) < 4.78 is 7.34. The maximum absolute atomic E-state index is 12.3. The van der Waals surface area contributed by atoms with Gasteiger partial charge in [-0.3, -0.25) is 9.36 Å². The minimum absolute atomic E-state index is 0.138. The molecule has 2 aromatic rings. The Labute approximate surface area is 116 Å². The molecule has 2 heterocycles. The van der Waals surface area contributed by atoms with E-state index in [1.807, 2.05) is 0 Å². The fourth-order valence-corrected chi connectivity index (χ4v) is 2.36. The van der Waals surface area contributed by atoms with Crippen LogP contribution in [0.4, 0.5) is 4.79 Å². The van der Waals surface area contributed by atoms with Gasteiger partial charge in [0.1, 0.15) is 6.10 Å². The van der Waals surface area contributed by atoms with Crippen LogP contribution in [0.1, 0.15) is 0 Å². The highest BCUT2D eigenvalue weighted by Crippen LogP contribution is 2.15. The number of nitrogens with zero attached hydrogens (tertiary/aromatic N) is 2. The lowest BCUT2D eigenvalue weighted by Gasteiger charge is -2.10. The van der Waals surface area contributed by atoms with Gasteiger partial charge < -0.3 is 10.1 Å². The number of halogens is 1. The van der Waals surface area contributed by atoms with Crippen LogP contribution in [0.5, 0.6) is 0 Å². The number of amides is 1. The van der Waals surface area contributed by atoms with Gasteiger partial charge in [0, 0.05) is 4.47 Å². The van der Waals surface area contributed by atoms with E-state index in [0.717, 1.165) is 4.47 Å². The van der Waals surface area contributed by atoms with Crippen molar-refractivity contribution in [3.63, 3.8) is 0 Å². The molecule has 98 valence electrons. The Kier molecular flexibility index (Phi) is 2.98. The fourth-order valence-electron chi connectivity index (χ4n) is 2.01. The Balaban J connectivity index is 1.96. The lowest BCUT2D eigenvalue weighted by Crippen LogP contribution is -2.28. The topological polar surface area (TPSA) is 73.2 Å². The third-order valence-electron chi connectivity index (χ3n) is 2.94. The summed E-state index contributed by atoms with van der Waals surface area (Å²) in [5.74, 6) is 0. The van der Waals surface area contributed by atoms with Gasteiger partial charge in [0.2, 0.25) is 0 Å². The van der Waals surface area contributed by atoms with Crippen LogP contribution in [-0.4, -0.2) is 28.3 Å². The van der Waals surface area contributed by atoms with Gasteiger partial charge in [-0.15, -0.1) is 0 Å². The lowest BCUT2D eigenvalue weighted by molar-refractivity contribution is 0.130. The van der Waals surface area contributed by atoms with Crippen molar-refractivity contribution in [2.45, 2.75) is 12.6 Å². The molecule has 1 aromatic carbocycles. The second-order valence-electron chi connectivity index (χ2n) is 4.27. The van der Waals surface area contributed by atoms with Gasteiger partial charge in [0.05, 0.1) is 30.3 Å². The van der Waals surface area contributed by atoms with E-state index in [1.165, 1.54) is 10.9 Å². The van der Waals surface area contributed by atoms with Crippen LogP contribution < -0.4 is 10.9 Å². The molecule has 0 bridgehead atoms. The van der Waals surface area contributed by atoms with E-state index in [4.69, 9.17) is 4.74 Å². The molecule has 19 heavy (non-hydrogen) atoms. The van der Waals surface area contributed by atoms with Gasteiger partial charge in [-0.2, -0.15) is 0 Å². The first kappa shape index (κ1) is 12.2. The minimum atomic E-state index is -0.448. The third kappa shape index (κ3) is 2.33. The van der Waals surface area contributed by atoms with Gasteiger partial charge in [-0.05, 0) is 18.2 Å². The molecular formula is C12H10BrN3O3. The van der Waals surface area contributed by atoms with E-state index >= 15 is 0 Å². The molecule has 6 nitrogen and oxygen atoms in total. The summed E-state index contributed by atoms with van der Waals surface area (Å²) in [4.78, 5) is 27.4. The summed E-state index contributed by atoms with van der Waals surface area (Å²) in [6.45, 7) is 0.709. The van der Waals surface area contributed by atoms with E-state index in [-0.39, 0.29) is 11.7 Å². The molecule has 1 N–H and O–H groups in total. The SMILES string of the molecule is O=C1NCC(Cn2cnc3cc(Br)ccc3c2=O)O1. The zero-order valence-electron chi connectivity index (χ0n) is 9.80. The number of rotatable bonds is 2. The second kappa shape index (κ2) is 4.65. The number of benzene rings is 1. The second-order valence-corrected chi connectivity index (χ2v) is 5.19. The van der Waals surface area contributed by atoms with E-state index in [1.54, 1.807) is 18.2 Å². The van der Waals surface area contributed by atoms with Crippen LogP contribution in [-0.2, 0) is 11.3 Å². The van der Waals surface area contributed by atoms with Crippen LogP contribution in [0.15, 0.2) is 33.8 Å². The minimum Gasteiger partial charge on any atom is -0.442 e. The molecule has 1 aromatic heterocycles. The molecule has 1 fully saturated rings. The maximum Gasteiger partial charge on any atom is 0.407 e. The van der Waals surface area contributed by atoms with Gasteiger partial charge in [-0.1, -0.05) is 15.9 Å². The van der Waals surface area contributed by atoms with Crippen molar-refractivity contribution in [2.75, 3.05) is 6.54 Å². The molecule has 1 saturated heterocycles. The quantitative estimate of drug-likeness (QED) is 0.903. The van der Waals surface area contributed by atoms with E-state index in [9.17, 15) is 9.59 Å². The Morgan fingerprint density at radius 3 is 3.05 bits per heavy atom. The number of hydrogen-bond donors (Lipinski definition) is 1. The summed E-state index contributed by atoms with van der Waals surface area (Å²) >= 11 is 3.34. The lowest BCUT2D eigenvalue weighted by atomic mass is 10.2. The normalized spacial score (nSPS) is 18.4. The van der Waals surface area contributed by atoms with Crippen molar-refractivity contribution < 1.29 is 9.53 Å². The number of cyclic esters (lactones) is 1. The number of fused-ring (bicyclic) bond motifs is 1. The van der Waals surface area contributed by atoms with Crippen molar-refractivity contribution in [2.24, 2.45) is 0 Å². The largest absolute Gasteiger partial charge is 0.442 e. The number of alkyl carbamates (subject to hydrolysis) is 1. The first-order valence-electron chi connectivity index (χ1n) is 5.72. The van der Waals surface area contributed by atoms with Crippen LogP contribution in [0, 0.1) is 0 Å². The molecule has 0 aliphatic carbocycles. The zero-order valence-corrected chi connectivity index (χ0v) is 11.4. The molecule has 1 atom stereocenters.